The summed E-state index contributed by atoms with van der Waals surface area (Å²) >= 11 is 0. The van der Waals surface area contributed by atoms with Gasteiger partial charge in [0.1, 0.15) is 0 Å². The van der Waals surface area contributed by atoms with Crippen molar-refractivity contribution in [3.8, 4) is 0 Å². The molecule has 1 aromatic carbocycles. The van der Waals surface area contributed by atoms with E-state index in [0.29, 0.717) is 0 Å². The van der Waals surface area contributed by atoms with Gasteiger partial charge in [-0.1, -0.05) is 30.3 Å². The highest BCUT2D eigenvalue weighted by Gasteiger charge is 2.10. The summed E-state index contributed by atoms with van der Waals surface area (Å²) < 4.78 is 31.5. The van der Waals surface area contributed by atoms with Crippen LogP contribution in [0.15, 0.2) is 30.3 Å². The van der Waals surface area contributed by atoms with E-state index in [9.17, 15) is 8.42 Å². The smallest absolute Gasteiger partial charge is 0.273 e. The molecule has 0 aliphatic carbocycles. The Morgan fingerprint density at radius 1 is 1.31 bits per heavy atom. The fourth-order valence-electron chi connectivity index (χ4n) is 1.03. The van der Waals surface area contributed by atoms with E-state index in [1.807, 2.05) is 6.07 Å². The van der Waals surface area contributed by atoms with Gasteiger partial charge in [0.15, 0.2) is 0 Å². The van der Waals surface area contributed by atoms with E-state index in [-0.39, 0.29) is 0 Å². The Balaban J connectivity index is 2.76. The molecule has 0 spiro atoms. The van der Waals surface area contributed by atoms with Gasteiger partial charge in [-0.3, -0.25) is 4.55 Å². The number of benzene rings is 1. The molecule has 0 bridgehead atoms. The molecular weight excluding hydrogens is 190 g/mol. The molecule has 0 aliphatic heterocycles. The van der Waals surface area contributed by atoms with Crippen LogP contribution in [0.3, 0.4) is 0 Å². The SMILES string of the molecule is CC(NS(=O)(=O)O)c1ccccc1. The maximum absolute atomic E-state index is 10.5. The van der Waals surface area contributed by atoms with E-state index in [1.165, 1.54) is 0 Å². The van der Waals surface area contributed by atoms with Crippen LogP contribution in [0, 0.1) is 0 Å². The minimum Gasteiger partial charge on any atom is -0.273 e. The molecule has 13 heavy (non-hydrogen) atoms. The minimum atomic E-state index is -4.12. The maximum Gasteiger partial charge on any atom is 0.333 e. The Morgan fingerprint density at radius 3 is 2.31 bits per heavy atom. The van der Waals surface area contributed by atoms with E-state index >= 15 is 0 Å². The third-order valence-corrected chi connectivity index (χ3v) is 2.28. The summed E-state index contributed by atoms with van der Waals surface area (Å²) in [5.41, 5.74) is 0.806. The van der Waals surface area contributed by atoms with Crippen LogP contribution >= 0.6 is 0 Å². The molecule has 0 heterocycles. The Kier molecular flexibility index (Phi) is 3.02. The van der Waals surface area contributed by atoms with Gasteiger partial charge in [-0.15, -0.1) is 0 Å². The maximum atomic E-state index is 10.5. The van der Waals surface area contributed by atoms with E-state index in [0.717, 1.165) is 5.56 Å². The van der Waals surface area contributed by atoms with E-state index < -0.39 is 16.3 Å². The monoisotopic (exact) mass is 201 g/mol. The molecule has 5 heteroatoms. The lowest BCUT2D eigenvalue weighted by Gasteiger charge is -2.10. The van der Waals surface area contributed by atoms with Crippen LogP contribution in [-0.4, -0.2) is 13.0 Å². The predicted octanol–water partition coefficient (Wildman–Crippen LogP) is 1.14. The van der Waals surface area contributed by atoms with E-state index in [4.69, 9.17) is 4.55 Å². The molecule has 72 valence electrons. The van der Waals surface area contributed by atoms with Crippen LogP contribution < -0.4 is 4.72 Å². The Labute approximate surface area is 77.5 Å². The first kappa shape index (κ1) is 10.2. The second-order valence-corrected chi connectivity index (χ2v) is 3.91. The zero-order chi connectivity index (χ0) is 9.90. The largest absolute Gasteiger partial charge is 0.333 e. The summed E-state index contributed by atoms with van der Waals surface area (Å²) in [7, 11) is -4.12. The third kappa shape index (κ3) is 3.54. The molecule has 0 saturated carbocycles. The van der Waals surface area contributed by atoms with Gasteiger partial charge in [-0.05, 0) is 12.5 Å². The molecule has 4 nitrogen and oxygen atoms in total. The fourth-order valence-corrected chi connectivity index (χ4v) is 1.62. The first-order valence-electron chi connectivity index (χ1n) is 3.79. The lowest BCUT2D eigenvalue weighted by Crippen LogP contribution is -2.25. The van der Waals surface area contributed by atoms with Crippen molar-refractivity contribution in [2.45, 2.75) is 13.0 Å². The highest BCUT2D eigenvalue weighted by atomic mass is 32.2. The molecule has 2 N–H and O–H groups in total. The van der Waals surface area contributed by atoms with E-state index in [2.05, 4.69) is 4.72 Å². The van der Waals surface area contributed by atoms with E-state index in [1.54, 1.807) is 31.2 Å². The van der Waals surface area contributed by atoms with Gasteiger partial charge in [0.05, 0.1) is 0 Å². The first-order valence-corrected chi connectivity index (χ1v) is 5.23. The molecular formula is C8H11NO3S. The summed E-state index contributed by atoms with van der Waals surface area (Å²) in [5.74, 6) is 0. The molecule has 0 radical (unpaired) electrons. The predicted molar refractivity (Wildman–Crippen MR) is 49.5 cm³/mol. The van der Waals surface area contributed by atoms with Crippen molar-refractivity contribution in [2.75, 3.05) is 0 Å². The average molecular weight is 201 g/mol. The molecule has 1 atom stereocenters. The van der Waals surface area contributed by atoms with Gasteiger partial charge in [-0.25, -0.2) is 0 Å². The molecule has 1 unspecified atom stereocenters. The lowest BCUT2D eigenvalue weighted by molar-refractivity contribution is 0.458. The van der Waals surface area contributed by atoms with Gasteiger partial charge >= 0.3 is 10.3 Å². The minimum absolute atomic E-state index is 0.420. The summed E-state index contributed by atoms with van der Waals surface area (Å²) in [6.45, 7) is 1.66. The fraction of sp³-hybridized carbons (Fsp3) is 0.250. The Hall–Kier alpha value is -0.910. The molecule has 0 amide bonds. The van der Waals surface area contributed by atoms with Crippen molar-refractivity contribution < 1.29 is 13.0 Å². The first-order chi connectivity index (χ1) is 5.99. The highest BCUT2D eigenvalue weighted by molar-refractivity contribution is 7.83. The second-order valence-electron chi connectivity index (χ2n) is 2.73. The number of hydrogen-bond acceptors (Lipinski definition) is 2. The van der Waals surface area contributed by atoms with Crippen LogP contribution in [0.25, 0.3) is 0 Å². The number of nitrogens with one attached hydrogen (secondary N) is 1. The molecule has 1 rings (SSSR count). The van der Waals surface area contributed by atoms with Crippen LogP contribution in [0.1, 0.15) is 18.5 Å². The zero-order valence-corrected chi connectivity index (χ0v) is 7.95. The van der Waals surface area contributed by atoms with Gasteiger partial charge in [0.2, 0.25) is 0 Å². The summed E-state index contributed by atoms with van der Waals surface area (Å²) in [6, 6.07) is 8.58. The zero-order valence-electron chi connectivity index (χ0n) is 7.14. The highest BCUT2D eigenvalue weighted by Crippen LogP contribution is 2.11. The van der Waals surface area contributed by atoms with Crippen molar-refractivity contribution >= 4 is 10.3 Å². The molecule has 1 aromatic rings. The lowest BCUT2D eigenvalue weighted by atomic mass is 10.1. The van der Waals surface area contributed by atoms with Crippen molar-refractivity contribution in [1.82, 2.24) is 4.72 Å². The third-order valence-electron chi connectivity index (χ3n) is 1.63. The van der Waals surface area contributed by atoms with Crippen LogP contribution in [0.2, 0.25) is 0 Å². The van der Waals surface area contributed by atoms with Crippen molar-refractivity contribution in [3.63, 3.8) is 0 Å². The Bertz CT molecular complexity index is 360. The Morgan fingerprint density at radius 2 is 1.85 bits per heavy atom. The van der Waals surface area contributed by atoms with Gasteiger partial charge in [-0.2, -0.15) is 13.1 Å². The summed E-state index contributed by atoms with van der Waals surface area (Å²) in [4.78, 5) is 0. The standard InChI is InChI=1S/C8H11NO3S/c1-7(9-13(10,11)12)8-5-3-2-4-6-8/h2-7,9H,1H3,(H,10,11,12). The number of hydrogen-bond donors (Lipinski definition) is 2. The quantitative estimate of drug-likeness (QED) is 0.721. The average Bonchev–Trinajstić information content (AvgIpc) is 2.03. The summed E-state index contributed by atoms with van der Waals surface area (Å²) in [5, 5.41) is 0. The van der Waals surface area contributed by atoms with Crippen LogP contribution in [0.4, 0.5) is 0 Å². The van der Waals surface area contributed by atoms with Crippen molar-refractivity contribution in [3.05, 3.63) is 35.9 Å². The molecule has 0 fully saturated rings. The molecule has 0 saturated heterocycles. The molecule has 0 aromatic heterocycles. The van der Waals surface area contributed by atoms with Gasteiger partial charge < -0.3 is 0 Å². The van der Waals surface area contributed by atoms with Crippen LogP contribution in [0.5, 0.6) is 0 Å². The molecule has 0 aliphatic rings. The summed E-state index contributed by atoms with van der Waals surface area (Å²) in [6.07, 6.45) is 0. The van der Waals surface area contributed by atoms with Crippen molar-refractivity contribution in [1.29, 1.82) is 0 Å². The van der Waals surface area contributed by atoms with Crippen molar-refractivity contribution in [2.24, 2.45) is 0 Å². The van der Waals surface area contributed by atoms with Gasteiger partial charge in [0, 0.05) is 6.04 Å². The second kappa shape index (κ2) is 3.87. The topological polar surface area (TPSA) is 66.4 Å². The normalized spacial score (nSPS) is 14.0. The van der Waals surface area contributed by atoms with Crippen LogP contribution in [-0.2, 0) is 10.3 Å². The van der Waals surface area contributed by atoms with Gasteiger partial charge in [0.25, 0.3) is 0 Å². The number of rotatable bonds is 3.